The minimum absolute atomic E-state index is 0.00300. The number of carbonyl (C=O) groups is 1. The van der Waals surface area contributed by atoms with E-state index >= 15 is 0 Å². The van der Waals surface area contributed by atoms with Crippen LogP contribution in [0.4, 0.5) is 0 Å². The Hall–Kier alpha value is -2.24. The van der Waals surface area contributed by atoms with Crippen molar-refractivity contribution in [3.05, 3.63) is 69.8 Å². The zero-order valence-corrected chi connectivity index (χ0v) is 14.5. The molecule has 0 spiro atoms. The fraction of sp³-hybridized carbons (Fsp3) is 0.167. The van der Waals surface area contributed by atoms with Gasteiger partial charge in [0.1, 0.15) is 0 Å². The molecular weight excluding hydrogens is 342 g/mol. The number of nitrogens with one attached hydrogen (secondary N) is 1. The van der Waals surface area contributed by atoms with Gasteiger partial charge in [-0.05, 0) is 29.8 Å². The highest BCUT2D eigenvalue weighted by molar-refractivity contribution is 7.09. The van der Waals surface area contributed by atoms with Crippen LogP contribution in [-0.4, -0.2) is 22.4 Å². The number of nitrogens with zero attached hydrogens (tertiary/aromatic N) is 2. The Morgan fingerprint density at radius 1 is 1.12 bits per heavy atom. The van der Waals surface area contributed by atoms with Crippen LogP contribution in [0, 0.1) is 0 Å². The maximum atomic E-state index is 11.9. The first-order chi connectivity index (χ1) is 11.7. The third-order valence-corrected chi connectivity index (χ3v) is 4.63. The standard InChI is InChI=1S/C18H16ClN3OS/c19-15-3-1-13(2-4-15)11-17(23)21-10-7-18-22-16(12-24-18)14-5-8-20-9-6-14/h1-6,8-9,12H,7,10-11H2,(H,21,23). The minimum atomic E-state index is 0.00300. The van der Waals surface area contributed by atoms with Crippen LogP contribution in [0.2, 0.25) is 5.02 Å². The van der Waals surface area contributed by atoms with Gasteiger partial charge in [0, 0.05) is 41.3 Å². The van der Waals surface area contributed by atoms with Crippen molar-refractivity contribution >= 4 is 28.8 Å². The van der Waals surface area contributed by atoms with Gasteiger partial charge in [0.25, 0.3) is 0 Å². The summed E-state index contributed by atoms with van der Waals surface area (Å²) in [6.07, 6.45) is 4.59. The van der Waals surface area contributed by atoms with Crippen LogP contribution in [0.3, 0.4) is 0 Å². The highest BCUT2D eigenvalue weighted by Crippen LogP contribution is 2.21. The molecule has 0 radical (unpaired) electrons. The maximum Gasteiger partial charge on any atom is 0.224 e. The van der Waals surface area contributed by atoms with Gasteiger partial charge >= 0.3 is 0 Å². The van der Waals surface area contributed by atoms with E-state index in [1.807, 2.05) is 29.6 Å². The molecule has 24 heavy (non-hydrogen) atoms. The molecule has 6 heteroatoms. The Morgan fingerprint density at radius 2 is 1.88 bits per heavy atom. The molecule has 0 unspecified atom stereocenters. The third-order valence-electron chi connectivity index (χ3n) is 3.47. The highest BCUT2D eigenvalue weighted by atomic mass is 35.5. The van der Waals surface area contributed by atoms with Gasteiger partial charge in [-0.1, -0.05) is 23.7 Å². The summed E-state index contributed by atoms with van der Waals surface area (Å²) in [6.45, 7) is 0.579. The number of halogens is 1. The molecule has 3 rings (SSSR count). The van der Waals surface area contributed by atoms with Crippen molar-refractivity contribution in [1.29, 1.82) is 0 Å². The Kier molecular flexibility index (Phi) is 5.56. The molecule has 0 saturated heterocycles. The molecule has 0 atom stereocenters. The third kappa shape index (κ3) is 4.63. The van der Waals surface area contributed by atoms with Gasteiger partial charge in [0.15, 0.2) is 0 Å². The van der Waals surface area contributed by atoms with Crippen LogP contribution in [0.15, 0.2) is 54.2 Å². The van der Waals surface area contributed by atoms with E-state index in [0.717, 1.165) is 28.2 Å². The van der Waals surface area contributed by atoms with E-state index < -0.39 is 0 Å². The molecule has 4 nitrogen and oxygen atoms in total. The van der Waals surface area contributed by atoms with E-state index in [4.69, 9.17) is 11.6 Å². The van der Waals surface area contributed by atoms with Gasteiger partial charge in [0.2, 0.25) is 5.91 Å². The molecule has 1 amide bonds. The summed E-state index contributed by atoms with van der Waals surface area (Å²) in [5, 5.41) is 6.64. The Balaban J connectivity index is 1.47. The molecule has 2 aromatic heterocycles. The predicted molar refractivity (Wildman–Crippen MR) is 97.2 cm³/mol. The van der Waals surface area contributed by atoms with Gasteiger partial charge < -0.3 is 5.32 Å². The van der Waals surface area contributed by atoms with Crippen molar-refractivity contribution in [2.24, 2.45) is 0 Å². The summed E-state index contributed by atoms with van der Waals surface area (Å²) in [5.41, 5.74) is 2.95. The lowest BCUT2D eigenvalue weighted by Gasteiger charge is -2.04. The number of pyridine rings is 1. The largest absolute Gasteiger partial charge is 0.355 e. The lowest BCUT2D eigenvalue weighted by molar-refractivity contribution is -0.120. The van der Waals surface area contributed by atoms with Crippen LogP contribution in [0.1, 0.15) is 10.6 Å². The fourth-order valence-electron chi connectivity index (χ4n) is 2.24. The summed E-state index contributed by atoms with van der Waals surface area (Å²) in [5.74, 6) is 0.00300. The Morgan fingerprint density at radius 3 is 2.62 bits per heavy atom. The number of aromatic nitrogens is 2. The molecule has 2 heterocycles. The minimum Gasteiger partial charge on any atom is -0.355 e. The topological polar surface area (TPSA) is 54.9 Å². The Bertz CT molecular complexity index is 803. The molecule has 0 saturated carbocycles. The molecule has 0 aliphatic rings. The van der Waals surface area contributed by atoms with E-state index in [1.165, 1.54) is 0 Å². The molecule has 0 bridgehead atoms. The van der Waals surface area contributed by atoms with Crippen LogP contribution in [0.5, 0.6) is 0 Å². The normalized spacial score (nSPS) is 10.5. The van der Waals surface area contributed by atoms with Gasteiger partial charge in [-0.25, -0.2) is 4.98 Å². The first-order valence-corrected chi connectivity index (χ1v) is 8.82. The van der Waals surface area contributed by atoms with Crippen molar-refractivity contribution in [2.75, 3.05) is 6.54 Å². The number of benzene rings is 1. The molecular formula is C18H16ClN3OS. The molecule has 3 aromatic rings. The SMILES string of the molecule is O=C(Cc1ccc(Cl)cc1)NCCc1nc(-c2ccncc2)cs1. The number of hydrogen-bond acceptors (Lipinski definition) is 4. The van der Waals surface area contributed by atoms with E-state index in [2.05, 4.69) is 15.3 Å². The van der Waals surface area contributed by atoms with Crippen LogP contribution < -0.4 is 5.32 Å². The van der Waals surface area contributed by atoms with Crippen LogP contribution >= 0.6 is 22.9 Å². The second-order valence-corrected chi connectivity index (χ2v) is 6.64. The number of thiazole rings is 1. The summed E-state index contributed by atoms with van der Waals surface area (Å²) < 4.78 is 0. The monoisotopic (exact) mass is 357 g/mol. The number of amides is 1. The second kappa shape index (κ2) is 8.04. The molecule has 1 N–H and O–H groups in total. The highest BCUT2D eigenvalue weighted by Gasteiger charge is 2.06. The van der Waals surface area contributed by atoms with Crippen molar-refractivity contribution in [3.63, 3.8) is 0 Å². The molecule has 0 aliphatic carbocycles. The van der Waals surface area contributed by atoms with E-state index in [1.54, 1.807) is 35.9 Å². The fourth-order valence-corrected chi connectivity index (χ4v) is 3.17. The van der Waals surface area contributed by atoms with E-state index in [9.17, 15) is 4.79 Å². The number of rotatable bonds is 6. The summed E-state index contributed by atoms with van der Waals surface area (Å²) >= 11 is 7.44. The zero-order valence-electron chi connectivity index (χ0n) is 12.9. The van der Waals surface area contributed by atoms with E-state index in [0.29, 0.717) is 18.0 Å². The van der Waals surface area contributed by atoms with Crippen molar-refractivity contribution in [3.8, 4) is 11.3 Å². The summed E-state index contributed by atoms with van der Waals surface area (Å²) in [7, 11) is 0. The van der Waals surface area contributed by atoms with Gasteiger partial charge in [-0.2, -0.15) is 0 Å². The molecule has 0 aliphatic heterocycles. The first kappa shape index (κ1) is 16.6. The van der Waals surface area contributed by atoms with Crippen molar-refractivity contribution < 1.29 is 4.79 Å². The van der Waals surface area contributed by atoms with Crippen LogP contribution in [0.25, 0.3) is 11.3 Å². The smallest absolute Gasteiger partial charge is 0.224 e. The number of hydrogen-bond donors (Lipinski definition) is 1. The van der Waals surface area contributed by atoms with Crippen LogP contribution in [-0.2, 0) is 17.6 Å². The quantitative estimate of drug-likeness (QED) is 0.730. The van der Waals surface area contributed by atoms with Crippen molar-refractivity contribution in [1.82, 2.24) is 15.3 Å². The average Bonchev–Trinajstić information content (AvgIpc) is 3.07. The van der Waals surface area contributed by atoms with Gasteiger partial charge in [0.05, 0.1) is 17.1 Å². The average molecular weight is 358 g/mol. The second-order valence-electron chi connectivity index (χ2n) is 5.27. The molecule has 0 fully saturated rings. The zero-order chi connectivity index (χ0) is 16.8. The maximum absolute atomic E-state index is 11.9. The number of carbonyl (C=O) groups excluding carboxylic acids is 1. The lowest BCUT2D eigenvalue weighted by Crippen LogP contribution is -2.27. The van der Waals surface area contributed by atoms with Gasteiger partial charge in [-0.3, -0.25) is 9.78 Å². The molecule has 122 valence electrons. The van der Waals surface area contributed by atoms with E-state index in [-0.39, 0.29) is 5.91 Å². The summed E-state index contributed by atoms with van der Waals surface area (Å²) in [6, 6.07) is 11.2. The first-order valence-electron chi connectivity index (χ1n) is 7.56. The summed E-state index contributed by atoms with van der Waals surface area (Å²) in [4.78, 5) is 20.5. The van der Waals surface area contributed by atoms with Gasteiger partial charge in [-0.15, -0.1) is 11.3 Å². The predicted octanol–water partition coefficient (Wildman–Crippen LogP) is 3.76. The lowest BCUT2D eigenvalue weighted by atomic mass is 10.1. The Labute approximate surface area is 149 Å². The molecule has 1 aromatic carbocycles. The van der Waals surface area contributed by atoms with Crippen molar-refractivity contribution in [2.45, 2.75) is 12.8 Å².